The van der Waals surface area contributed by atoms with Gasteiger partial charge in [0, 0.05) is 0 Å². The summed E-state index contributed by atoms with van der Waals surface area (Å²) in [6.07, 6.45) is 0. The Morgan fingerprint density at radius 2 is 2.12 bits per heavy atom. The van der Waals surface area contributed by atoms with Gasteiger partial charge in [-0.25, -0.2) is 0 Å². The van der Waals surface area contributed by atoms with Crippen LogP contribution >= 0.6 is 12.4 Å². The maximum Gasteiger partial charge on any atom is 0.241 e. The number of hydrogen-bond donors (Lipinski definition) is 2. The third-order valence-electron chi connectivity index (χ3n) is 1.86. The number of rotatable bonds is 4. The van der Waals surface area contributed by atoms with E-state index in [2.05, 4.69) is 5.32 Å². The molecular weight excluding hydrogens is 228 g/mol. The lowest BCUT2D eigenvalue weighted by atomic mass is 10.2. The van der Waals surface area contributed by atoms with Crippen LogP contribution in [0.25, 0.3) is 0 Å². The second-order valence-corrected chi connectivity index (χ2v) is 3.21. The predicted octanol–water partition coefficient (Wildman–Crippen LogP) is 1.79. The molecule has 1 atom stereocenters. The fourth-order valence-electron chi connectivity index (χ4n) is 1.10. The Kier molecular flexibility index (Phi) is 6.53. The SMILES string of the molecule is CCOc1ccccc1NC(=O)[C@@H](C)N.Cl. The molecule has 3 N–H and O–H groups in total. The van der Waals surface area contributed by atoms with E-state index in [0.29, 0.717) is 18.0 Å². The van der Waals surface area contributed by atoms with E-state index >= 15 is 0 Å². The van der Waals surface area contributed by atoms with E-state index in [1.165, 1.54) is 0 Å². The average molecular weight is 245 g/mol. The van der Waals surface area contributed by atoms with Crippen molar-refractivity contribution < 1.29 is 9.53 Å². The second-order valence-electron chi connectivity index (χ2n) is 3.21. The summed E-state index contributed by atoms with van der Waals surface area (Å²) in [6, 6.07) is 6.75. The molecule has 0 aliphatic heterocycles. The zero-order valence-corrected chi connectivity index (χ0v) is 10.2. The molecule has 0 heterocycles. The van der Waals surface area contributed by atoms with Crippen molar-refractivity contribution in [3.63, 3.8) is 0 Å². The third kappa shape index (κ3) is 4.08. The molecule has 0 unspecified atom stereocenters. The van der Waals surface area contributed by atoms with Crippen LogP contribution in [0, 0.1) is 0 Å². The molecule has 0 spiro atoms. The average Bonchev–Trinajstić information content (AvgIpc) is 2.21. The number of ether oxygens (including phenoxy) is 1. The number of carbonyl (C=O) groups is 1. The predicted molar refractivity (Wildman–Crippen MR) is 67.1 cm³/mol. The molecule has 4 nitrogen and oxygen atoms in total. The maximum atomic E-state index is 11.4. The monoisotopic (exact) mass is 244 g/mol. The molecule has 1 rings (SSSR count). The van der Waals surface area contributed by atoms with E-state index < -0.39 is 6.04 Å². The molecule has 0 aromatic heterocycles. The van der Waals surface area contributed by atoms with Gasteiger partial charge in [0.05, 0.1) is 18.3 Å². The fraction of sp³-hybridized carbons (Fsp3) is 0.364. The number of nitrogens with one attached hydrogen (secondary N) is 1. The van der Waals surface area contributed by atoms with Crippen LogP contribution in [0.15, 0.2) is 24.3 Å². The molecule has 0 saturated heterocycles. The van der Waals surface area contributed by atoms with Crippen molar-refractivity contribution in [2.24, 2.45) is 5.73 Å². The van der Waals surface area contributed by atoms with Crippen molar-refractivity contribution in [2.45, 2.75) is 19.9 Å². The summed E-state index contributed by atoms with van der Waals surface area (Å²) in [6.45, 7) is 4.09. The van der Waals surface area contributed by atoms with Gasteiger partial charge in [-0.3, -0.25) is 4.79 Å². The molecular formula is C11H17ClN2O2. The van der Waals surface area contributed by atoms with E-state index in [1.807, 2.05) is 19.1 Å². The summed E-state index contributed by atoms with van der Waals surface area (Å²) < 4.78 is 5.36. The molecule has 16 heavy (non-hydrogen) atoms. The van der Waals surface area contributed by atoms with Crippen LogP contribution in [0.3, 0.4) is 0 Å². The lowest BCUT2D eigenvalue weighted by Crippen LogP contribution is -2.32. The van der Waals surface area contributed by atoms with E-state index in [-0.39, 0.29) is 18.3 Å². The largest absolute Gasteiger partial charge is 0.492 e. The molecule has 0 aliphatic rings. The van der Waals surface area contributed by atoms with Gasteiger partial charge in [-0.2, -0.15) is 0 Å². The number of amides is 1. The van der Waals surface area contributed by atoms with Gasteiger partial charge in [-0.05, 0) is 26.0 Å². The van der Waals surface area contributed by atoms with Crippen molar-refractivity contribution in [2.75, 3.05) is 11.9 Å². The standard InChI is InChI=1S/C11H16N2O2.ClH/c1-3-15-10-7-5-4-6-9(10)13-11(14)8(2)12;/h4-8H,3,12H2,1-2H3,(H,13,14);1H/t8-;/m1./s1. The van der Waals surface area contributed by atoms with Crippen molar-refractivity contribution in [1.29, 1.82) is 0 Å². The highest BCUT2D eigenvalue weighted by Crippen LogP contribution is 2.23. The summed E-state index contributed by atoms with van der Waals surface area (Å²) in [5, 5.41) is 2.71. The highest BCUT2D eigenvalue weighted by Gasteiger charge is 2.10. The van der Waals surface area contributed by atoms with Gasteiger partial charge in [0.1, 0.15) is 5.75 Å². The Morgan fingerprint density at radius 1 is 1.50 bits per heavy atom. The number of halogens is 1. The normalized spacial score (nSPS) is 11.2. The number of anilines is 1. The zero-order valence-electron chi connectivity index (χ0n) is 9.40. The molecule has 1 amide bonds. The van der Waals surface area contributed by atoms with Crippen LogP contribution in [-0.4, -0.2) is 18.6 Å². The Balaban J connectivity index is 0.00000225. The summed E-state index contributed by atoms with van der Waals surface area (Å²) in [5.41, 5.74) is 6.11. The second kappa shape index (κ2) is 7.09. The van der Waals surface area contributed by atoms with Gasteiger partial charge < -0.3 is 15.8 Å². The lowest BCUT2D eigenvalue weighted by Gasteiger charge is -2.12. The van der Waals surface area contributed by atoms with Crippen LogP contribution in [-0.2, 0) is 4.79 Å². The van der Waals surface area contributed by atoms with Gasteiger partial charge in [0.2, 0.25) is 5.91 Å². The van der Waals surface area contributed by atoms with E-state index in [9.17, 15) is 4.79 Å². The third-order valence-corrected chi connectivity index (χ3v) is 1.86. The highest BCUT2D eigenvalue weighted by atomic mass is 35.5. The molecule has 1 aromatic rings. The summed E-state index contributed by atoms with van der Waals surface area (Å²) in [5.74, 6) is 0.441. The number of para-hydroxylation sites is 2. The van der Waals surface area contributed by atoms with E-state index in [0.717, 1.165) is 0 Å². The van der Waals surface area contributed by atoms with E-state index in [1.54, 1.807) is 19.1 Å². The molecule has 0 radical (unpaired) electrons. The van der Waals surface area contributed by atoms with Crippen molar-refractivity contribution in [3.8, 4) is 5.75 Å². The molecule has 90 valence electrons. The van der Waals surface area contributed by atoms with Crippen LogP contribution in [0.2, 0.25) is 0 Å². The van der Waals surface area contributed by atoms with Gasteiger partial charge in [0.25, 0.3) is 0 Å². The first-order valence-electron chi connectivity index (χ1n) is 4.93. The first-order valence-corrected chi connectivity index (χ1v) is 4.93. The minimum atomic E-state index is -0.528. The Morgan fingerprint density at radius 3 is 2.69 bits per heavy atom. The minimum absolute atomic E-state index is 0. The van der Waals surface area contributed by atoms with Crippen molar-refractivity contribution in [3.05, 3.63) is 24.3 Å². The van der Waals surface area contributed by atoms with E-state index in [4.69, 9.17) is 10.5 Å². The number of benzene rings is 1. The Labute approximate surface area is 102 Å². The smallest absolute Gasteiger partial charge is 0.241 e. The van der Waals surface area contributed by atoms with Gasteiger partial charge >= 0.3 is 0 Å². The number of nitrogens with two attached hydrogens (primary N) is 1. The quantitative estimate of drug-likeness (QED) is 0.849. The maximum absolute atomic E-state index is 11.4. The minimum Gasteiger partial charge on any atom is -0.492 e. The number of hydrogen-bond acceptors (Lipinski definition) is 3. The molecule has 0 bridgehead atoms. The summed E-state index contributed by atoms with van der Waals surface area (Å²) in [7, 11) is 0. The Hall–Kier alpha value is -1.26. The van der Waals surface area contributed by atoms with Crippen molar-refractivity contribution >= 4 is 24.0 Å². The van der Waals surface area contributed by atoms with Crippen LogP contribution in [0.4, 0.5) is 5.69 Å². The summed E-state index contributed by atoms with van der Waals surface area (Å²) >= 11 is 0. The van der Waals surface area contributed by atoms with Gasteiger partial charge in [-0.15, -0.1) is 12.4 Å². The number of carbonyl (C=O) groups excluding carboxylic acids is 1. The molecule has 0 fully saturated rings. The first-order chi connectivity index (χ1) is 7.15. The van der Waals surface area contributed by atoms with Crippen LogP contribution in [0.5, 0.6) is 5.75 Å². The van der Waals surface area contributed by atoms with Crippen LogP contribution < -0.4 is 15.8 Å². The Bertz CT molecular complexity index is 343. The molecule has 5 heteroatoms. The lowest BCUT2D eigenvalue weighted by molar-refractivity contribution is -0.117. The first kappa shape index (κ1) is 14.7. The zero-order chi connectivity index (χ0) is 11.3. The molecule has 0 saturated carbocycles. The topological polar surface area (TPSA) is 64.3 Å². The molecule has 1 aromatic carbocycles. The highest BCUT2D eigenvalue weighted by molar-refractivity contribution is 5.95. The fourth-order valence-corrected chi connectivity index (χ4v) is 1.10. The van der Waals surface area contributed by atoms with Crippen molar-refractivity contribution in [1.82, 2.24) is 0 Å². The molecule has 0 aliphatic carbocycles. The van der Waals surface area contributed by atoms with Crippen LogP contribution in [0.1, 0.15) is 13.8 Å². The van der Waals surface area contributed by atoms with Gasteiger partial charge in [-0.1, -0.05) is 12.1 Å². The summed E-state index contributed by atoms with van der Waals surface area (Å²) in [4.78, 5) is 11.4. The van der Waals surface area contributed by atoms with Gasteiger partial charge in [0.15, 0.2) is 0 Å².